The first-order valence-corrected chi connectivity index (χ1v) is 9.06. The van der Waals surface area contributed by atoms with E-state index in [1.54, 1.807) is 18.2 Å². The van der Waals surface area contributed by atoms with E-state index in [4.69, 9.17) is 16.3 Å². The Bertz CT molecular complexity index is 686. The number of ether oxygens (including phenoxy) is 1. The summed E-state index contributed by atoms with van der Waals surface area (Å²) in [7, 11) is 0. The van der Waals surface area contributed by atoms with Gasteiger partial charge in [0.1, 0.15) is 5.75 Å². The fourth-order valence-corrected chi connectivity index (χ4v) is 3.00. The molecule has 2 rings (SSSR count). The zero-order valence-electron chi connectivity index (χ0n) is 13.8. The van der Waals surface area contributed by atoms with Crippen LogP contribution in [0.15, 0.2) is 46.9 Å². The molecule has 0 fully saturated rings. The summed E-state index contributed by atoms with van der Waals surface area (Å²) in [5.41, 5.74) is 2.53. The van der Waals surface area contributed by atoms with Gasteiger partial charge < -0.3 is 10.1 Å². The average Bonchev–Trinajstić information content (AvgIpc) is 2.54. The quantitative estimate of drug-likeness (QED) is 0.700. The Morgan fingerprint density at radius 2 is 1.92 bits per heavy atom. The highest BCUT2D eigenvalue weighted by Gasteiger charge is 2.06. The number of carbonyl (C=O) groups is 1. The van der Waals surface area contributed by atoms with Crippen LogP contribution in [0.2, 0.25) is 5.02 Å². The van der Waals surface area contributed by atoms with Crippen LogP contribution in [0.25, 0.3) is 0 Å². The molecule has 0 aliphatic rings. The SMILES string of the molecule is CC(C)c1ccc(CCNC(=O)COc2ccc(Cl)cc2Br)cc1. The summed E-state index contributed by atoms with van der Waals surface area (Å²) in [6, 6.07) is 13.7. The Balaban J connectivity index is 1.73. The second kappa shape index (κ2) is 9.09. The maximum atomic E-state index is 11.9. The third-order valence-electron chi connectivity index (χ3n) is 3.63. The van der Waals surface area contributed by atoms with E-state index >= 15 is 0 Å². The Labute approximate surface area is 156 Å². The topological polar surface area (TPSA) is 38.3 Å². The molecule has 2 aromatic rings. The van der Waals surface area contributed by atoms with E-state index in [0.717, 1.165) is 10.9 Å². The smallest absolute Gasteiger partial charge is 0.257 e. The van der Waals surface area contributed by atoms with Gasteiger partial charge in [0.25, 0.3) is 5.91 Å². The van der Waals surface area contributed by atoms with Gasteiger partial charge in [-0.05, 0) is 57.6 Å². The first-order chi connectivity index (χ1) is 11.5. The molecule has 1 N–H and O–H groups in total. The molecule has 0 aromatic heterocycles. The minimum Gasteiger partial charge on any atom is -0.483 e. The van der Waals surface area contributed by atoms with Gasteiger partial charge in [0, 0.05) is 11.6 Å². The van der Waals surface area contributed by atoms with Crippen LogP contribution in [0, 0.1) is 0 Å². The van der Waals surface area contributed by atoms with Crippen LogP contribution in [-0.2, 0) is 11.2 Å². The standard InChI is InChI=1S/C19H21BrClNO2/c1-13(2)15-5-3-14(4-6-15)9-10-22-19(23)12-24-18-8-7-16(21)11-17(18)20/h3-8,11,13H,9-10,12H2,1-2H3,(H,22,23). The predicted molar refractivity (Wildman–Crippen MR) is 102 cm³/mol. The maximum absolute atomic E-state index is 11.9. The molecule has 0 spiro atoms. The highest BCUT2D eigenvalue weighted by atomic mass is 79.9. The van der Waals surface area contributed by atoms with Crippen molar-refractivity contribution in [3.05, 3.63) is 63.1 Å². The Morgan fingerprint density at radius 1 is 1.21 bits per heavy atom. The zero-order valence-corrected chi connectivity index (χ0v) is 16.2. The molecule has 0 aliphatic carbocycles. The number of carbonyl (C=O) groups excluding carboxylic acids is 1. The van der Waals surface area contributed by atoms with Crippen molar-refractivity contribution in [1.82, 2.24) is 5.32 Å². The van der Waals surface area contributed by atoms with Gasteiger partial charge in [-0.25, -0.2) is 0 Å². The van der Waals surface area contributed by atoms with E-state index in [-0.39, 0.29) is 12.5 Å². The lowest BCUT2D eigenvalue weighted by Gasteiger charge is -2.10. The lowest BCUT2D eigenvalue weighted by molar-refractivity contribution is -0.123. The highest BCUT2D eigenvalue weighted by molar-refractivity contribution is 9.10. The van der Waals surface area contributed by atoms with E-state index in [1.807, 2.05) is 0 Å². The molecule has 128 valence electrons. The molecular weight excluding hydrogens is 390 g/mol. The van der Waals surface area contributed by atoms with Crippen molar-refractivity contribution in [2.24, 2.45) is 0 Å². The predicted octanol–water partition coefficient (Wildman–Crippen LogP) is 4.96. The molecule has 0 atom stereocenters. The van der Waals surface area contributed by atoms with Crippen molar-refractivity contribution in [3.8, 4) is 5.75 Å². The summed E-state index contributed by atoms with van der Waals surface area (Å²) < 4.78 is 6.21. The summed E-state index contributed by atoms with van der Waals surface area (Å²) >= 11 is 9.22. The number of rotatable bonds is 7. The van der Waals surface area contributed by atoms with E-state index in [1.165, 1.54) is 11.1 Å². The van der Waals surface area contributed by atoms with Gasteiger partial charge in [-0.1, -0.05) is 49.7 Å². The molecule has 5 heteroatoms. The van der Waals surface area contributed by atoms with Gasteiger partial charge in [-0.2, -0.15) is 0 Å². The first kappa shape index (κ1) is 18.8. The van der Waals surface area contributed by atoms with Crippen molar-refractivity contribution in [3.63, 3.8) is 0 Å². The molecule has 0 radical (unpaired) electrons. The second-order valence-corrected chi connectivity index (χ2v) is 7.15. The number of hydrogen-bond donors (Lipinski definition) is 1. The van der Waals surface area contributed by atoms with Gasteiger partial charge in [-0.3, -0.25) is 4.79 Å². The molecular formula is C19H21BrClNO2. The molecule has 0 saturated carbocycles. The second-order valence-electron chi connectivity index (χ2n) is 5.86. The van der Waals surface area contributed by atoms with Gasteiger partial charge in [0.15, 0.2) is 6.61 Å². The average molecular weight is 411 g/mol. The molecule has 2 aromatic carbocycles. The number of nitrogens with one attached hydrogen (secondary N) is 1. The van der Waals surface area contributed by atoms with Crippen molar-refractivity contribution in [1.29, 1.82) is 0 Å². The van der Waals surface area contributed by atoms with Crippen LogP contribution in [-0.4, -0.2) is 19.1 Å². The third kappa shape index (κ3) is 5.84. The van der Waals surface area contributed by atoms with Crippen LogP contribution in [0.5, 0.6) is 5.75 Å². The summed E-state index contributed by atoms with van der Waals surface area (Å²) in [5, 5.41) is 3.48. The molecule has 0 bridgehead atoms. The van der Waals surface area contributed by atoms with Crippen LogP contribution in [0.1, 0.15) is 30.9 Å². The first-order valence-electron chi connectivity index (χ1n) is 7.89. The minimum atomic E-state index is -0.143. The number of halogens is 2. The molecule has 1 amide bonds. The molecule has 0 saturated heterocycles. The van der Waals surface area contributed by atoms with E-state index in [2.05, 4.69) is 59.4 Å². The number of amides is 1. The summed E-state index contributed by atoms with van der Waals surface area (Å²) in [5.74, 6) is 0.984. The molecule has 24 heavy (non-hydrogen) atoms. The van der Waals surface area contributed by atoms with Crippen LogP contribution in [0.3, 0.4) is 0 Å². The monoisotopic (exact) mass is 409 g/mol. The molecule has 0 aliphatic heterocycles. The Kier molecular flexibility index (Phi) is 7.13. The highest BCUT2D eigenvalue weighted by Crippen LogP contribution is 2.27. The van der Waals surface area contributed by atoms with Crippen molar-refractivity contribution >= 4 is 33.4 Å². The maximum Gasteiger partial charge on any atom is 0.257 e. The van der Waals surface area contributed by atoms with Crippen molar-refractivity contribution < 1.29 is 9.53 Å². The molecule has 0 heterocycles. The summed E-state index contributed by atoms with van der Waals surface area (Å²) in [6.07, 6.45) is 0.800. The fraction of sp³-hybridized carbons (Fsp3) is 0.316. The van der Waals surface area contributed by atoms with Gasteiger partial charge in [0.2, 0.25) is 0 Å². The lowest BCUT2D eigenvalue weighted by Crippen LogP contribution is -2.30. The van der Waals surface area contributed by atoms with Crippen molar-refractivity contribution in [2.45, 2.75) is 26.2 Å². The van der Waals surface area contributed by atoms with E-state index < -0.39 is 0 Å². The minimum absolute atomic E-state index is 0.0213. The summed E-state index contributed by atoms with van der Waals surface area (Å²) in [4.78, 5) is 11.9. The molecule has 0 unspecified atom stereocenters. The van der Waals surface area contributed by atoms with E-state index in [9.17, 15) is 4.79 Å². The van der Waals surface area contributed by atoms with Crippen LogP contribution >= 0.6 is 27.5 Å². The third-order valence-corrected chi connectivity index (χ3v) is 4.49. The Morgan fingerprint density at radius 3 is 2.54 bits per heavy atom. The Hall–Kier alpha value is -1.52. The van der Waals surface area contributed by atoms with Gasteiger partial charge in [0.05, 0.1) is 4.47 Å². The van der Waals surface area contributed by atoms with Gasteiger partial charge in [-0.15, -0.1) is 0 Å². The number of hydrogen-bond acceptors (Lipinski definition) is 2. The van der Waals surface area contributed by atoms with Crippen LogP contribution < -0.4 is 10.1 Å². The largest absolute Gasteiger partial charge is 0.483 e. The van der Waals surface area contributed by atoms with Crippen LogP contribution in [0.4, 0.5) is 0 Å². The molecule has 3 nitrogen and oxygen atoms in total. The van der Waals surface area contributed by atoms with E-state index in [0.29, 0.717) is 23.2 Å². The lowest BCUT2D eigenvalue weighted by atomic mass is 10.0. The summed E-state index contributed by atoms with van der Waals surface area (Å²) in [6.45, 7) is 4.92. The fourth-order valence-electron chi connectivity index (χ4n) is 2.20. The van der Waals surface area contributed by atoms with Crippen molar-refractivity contribution in [2.75, 3.05) is 13.2 Å². The van der Waals surface area contributed by atoms with Gasteiger partial charge >= 0.3 is 0 Å². The normalized spacial score (nSPS) is 10.7. The zero-order chi connectivity index (χ0) is 17.5. The number of benzene rings is 2.